The Morgan fingerprint density at radius 1 is 1.07 bits per heavy atom. The lowest BCUT2D eigenvalue weighted by Gasteiger charge is -2.27. The van der Waals surface area contributed by atoms with Crippen molar-refractivity contribution in [2.24, 2.45) is 5.92 Å². The molecular weight excluding hydrogens is 190 g/mol. The molecule has 2 aliphatic rings. The first-order valence-corrected chi connectivity index (χ1v) is 7.26. The van der Waals surface area contributed by atoms with Crippen molar-refractivity contribution in [1.29, 1.82) is 0 Å². The maximum absolute atomic E-state index is 3.78. The van der Waals surface area contributed by atoms with Gasteiger partial charge in [-0.1, -0.05) is 32.6 Å². The van der Waals surface area contributed by atoms with E-state index in [4.69, 9.17) is 0 Å². The predicted octanol–water partition coefficient (Wildman–Crippen LogP) is 3.05. The highest BCUT2D eigenvalue weighted by molar-refractivity contribution is 7.99. The van der Waals surface area contributed by atoms with Crippen LogP contribution >= 0.6 is 11.8 Å². The zero-order chi connectivity index (χ0) is 9.80. The summed E-state index contributed by atoms with van der Waals surface area (Å²) >= 11 is 2.24. The average Bonchev–Trinajstić information content (AvgIpc) is 2.29. The van der Waals surface area contributed by atoms with E-state index in [1.54, 1.807) is 0 Å². The van der Waals surface area contributed by atoms with E-state index in [1.807, 2.05) is 0 Å². The molecule has 1 nitrogen and oxygen atoms in total. The molecule has 1 saturated carbocycles. The van der Waals surface area contributed by atoms with E-state index < -0.39 is 0 Å². The van der Waals surface area contributed by atoms with E-state index >= 15 is 0 Å². The second kappa shape index (κ2) is 5.41. The molecule has 82 valence electrons. The molecule has 3 atom stereocenters. The Balaban J connectivity index is 1.93. The summed E-state index contributed by atoms with van der Waals surface area (Å²) in [4.78, 5) is 0. The monoisotopic (exact) mass is 213 g/mol. The van der Waals surface area contributed by atoms with E-state index in [9.17, 15) is 0 Å². The third-order valence-corrected chi connectivity index (χ3v) is 5.28. The van der Waals surface area contributed by atoms with Crippen LogP contribution in [0.3, 0.4) is 0 Å². The Morgan fingerprint density at radius 2 is 1.86 bits per heavy atom. The highest BCUT2D eigenvalue weighted by Gasteiger charge is 2.26. The number of hydrogen-bond acceptors (Lipinski definition) is 2. The van der Waals surface area contributed by atoms with Crippen LogP contribution in [0.1, 0.15) is 45.4 Å². The highest BCUT2D eigenvalue weighted by Crippen LogP contribution is 2.30. The molecule has 0 radical (unpaired) electrons. The van der Waals surface area contributed by atoms with Gasteiger partial charge in [0.1, 0.15) is 0 Å². The van der Waals surface area contributed by atoms with Crippen LogP contribution in [0.5, 0.6) is 0 Å². The smallest absolute Gasteiger partial charge is 0.0201 e. The molecular formula is C12H23NS. The van der Waals surface area contributed by atoms with Crippen molar-refractivity contribution >= 4 is 11.8 Å². The molecule has 14 heavy (non-hydrogen) atoms. The van der Waals surface area contributed by atoms with E-state index in [1.165, 1.54) is 50.8 Å². The minimum Gasteiger partial charge on any atom is -0.313 e. The Kier molecular flexibility index (Phi) is 4.18. The van der Waals surface area contributed by atoms with Gasteiger partial charge < -0.3 is 5.32 Å². The van der Waals surface area contributed by atoms with Gasteiger partial charge in [0.05, 0.1) is 0 Å². The molecule has 2 heteroatoms. The van der Waals surface area contributed by atoms with E-state index in [2.05, 4.69) is 24.0 Å². The second-order valence-electron chi connectivity index (χ2n) is 4.98. The van der Waals surface area contributed by atoms with Gasteiger partial charge >= 0.3 is 0 Å². The van der Waals surface area contributed by atoms with Crippen molar-refractivity contribution in [3.8, 4) is 0 Å². The third kappa shape index (κ3) is 2.90. The van der Waals surface area contributed by atoms with Crippen molar-refractivity contribution in [1.82, 2.24) is 5.32 Å². The van der Waals surface area contributed by atoms with Gasteiger partial charge in [-0.25, -0.2) is 0 Å². The summed E-state index contributed by atoms with van der Waals surface area (Å²) < 4.78 is 0. The first kappa shape index (κ1) is 10.8. The molecule has 1 heterocycles. The van der Waals surface area contributed by atoms with Crippen molar-refractivity contribution < 1.29 is 0 Å². The Hall–Kier alpha value is 0.310. The first-order chi connectivity index (χ1) is 6.86. The van der Waals surface area contributed by atoms with Gasteiger partial charge in [-0.3, -0.25) is 0 Å². The van der Waals surface area contributed by atoms with Gasteiger partial charge in [-0.2, -0.15) is 11.8 Å². The SMILES string of the molecule is CC1CNC2CCCCCCC2SC1. The molecule has 0 amide bonds. The van der Waals surface area contributed by atoms with Crippen LogP contribution in [0, 0.1) is 5.92 Å². The number of hydrogen-bond donors (Lipinski definition) is 1. The lowest BCUT2D eigenvalue weighted by molar-refractivity contribution is 0.392. The van der Waals surface area contributed by atoms with Gasteiger partial charge in [0.2, 0.25) is 0 Å². The summed E-state index contributed by atoms with van der Waals surface area (Å²) in [5.74, 6) is 2.24. The number of nitrogens with one attached hydrogen (secondary N) is 1. The van der Waals surface area contributed by atoms with E-state index in [-0.39, 0.29) is 0 Å². The molecule has 0 aromatic heterocycles. The largest absolute Gasteiger partial charge is 0.313 e. The van der Waals surface area contributed by atoms with Gasteiger partial charge in [-0.15, -0.1) is 0 Å². The fraction of sp³-hybridized carbons (Fsp3) is 1.00. The van der Waals surface area contributed by atoms with Gasteiger partial charge in [0.25, 0.3) is 0 Å². The molecule has 2 fully saturated rings. The Morgan fingerprint density at radius 3 is 2.71 bits per heavy atom. The fourth-order valence-electron chi connectivity index (χ4n) is 2.58. The van der Waals surface area contributed by atoms with Crippen LogP contribution in [0.4, 0.5) is 0 Å². The summed E-state index contributed by atoms with van der Waals surface area (Å²) in [7, 11) is 0. The predicted molar refractivity (Wildman–Crippen MR) is 64.9 cm³/mol. The summed E-state index contributed by atoms with van der Waals surface area (Å²) in [5.41, 5.74) is 0. The van der Waals surface area contributed by atoms with Gasteiger partial charge in [-0.05, 0) is 31.1 Å². The van der Waals surface area contributed by atoms with Crippen molar-refractivity contribution in [3.63, 3.8) is 0 Å². The molecule has 1 aliphatic carbocycles. The van der Waals surface area contributed by atoms with Crippen LogP contribution in [-0.2, 0) is 0 Å². The normalized spacial score (nSPS) is 40.5. The lowest BCUT2D eigenvalue weighted by atomic mass is 9.96. The number of fused-ring (bicyclic) bond motifs is 1. The molecule has 0 spiro atoms. The molecule has 2 rings (SSSR count). The Bertz CT molecular complexity index is 154. The van der Waals surface area contributed by atoms with Crippen molar-refractivity contribution in [2.45, 2.75) is 56.7 Å². The van der Waals surface area contributed by atoms with Crippen molar-refractivity contribution in [3.05, 3.63) is 0 Å². The molecule has 1 N–H and O–H groups in total. The molecule has 3 unspecified atom stereocenters. The number of thioether (sulfide) groups is 1. The maximum atomic E-state index is 3.78. The summed E-state index contributed by atoms with van der Waals surface area (Å²) in [6.07, 6.45) is 8.72. The minimum atomic E-state index is 0.824. The zero-order valence-electron chi connectivity index (χ0n) is 9.30. The fourth-order valence-corrected chi connectivity index (χ4v) is 4.07. The summed E-state index contributed by atoms with van der Waals surface area (Å²) in [5, 5.41) is 4.70. The van der Waals surface area contributed by atoms with Crippen LogP contribution in [0.15, 0.2) is 0 Å². The van der Waals surface area contributed by atoms with Crippen LogP contribution < -0.4 is 5.32 Å². The van der Waals surface area contributed by atoms with Gasteiger partial charge in [0.15, 0.2) is 0 Å². The van der Waals surface area contributed by atoms with Crippen LogP contribution in [-0.4, -0.2) is 23.6 Å². The quantitative estimate of drug-likeness (QED) is 0.664. The first-order valence-electron chi connectivity index (χ1n) is 6.21. The highest BCUT2D eigenvalue weighted by atomic mass is 32.2. The maximum Gasteiger partial charge on any atom is 0.0201 e. The van der Waals surface area contributed by atoms with E-state index in [0.717, 1.165) is 17.2 Å². The van der Waals surface area contributed by atoms with Crippen LogP contribution in [0.2, 0.25) is 0 Å². The zero-order valence-corrected chi connectivity index (χ0v) is 10.1. The second-order valence-corrected chi connectivity index (χ2v) is 6.26. The number of rotatable bonds is 0. The average molecular weight is 213 g/mol. The molecule has 0 aromatic rings. The minimum absolute atomic E-state index is 0.824. The molecule has 1 aliphatic heterocycles. The third-order valence-electron chi connectivity index (χ3n) is 3.53. The topological polar surface area (TPSA) is 12.0 Å². The molecule has 0 aromatic carbocycles. The summed E-state index contributed by atoms with van der Waals surface area (Å²) in [6, 6.07) is 0.824. The Labute approximate surface area is 92.4 Å². The standard InChI is InChI=1S/C12H23NS/c1-10-8-13-11-6-4-2-3-5-7-12(11)14-9-10/h10-13H,2-9H2,1H3. The van der Waals surface area contributed by atoms with Crippen molar-refractivity contribution in [2.75, 3.05) is 12.3 Å². The van der Waals surface area contributed by atoms with Gasteiger partial charge in [0, 0.05) is 11.3 Å². The van der Waals surface area contributed by atoms with Crippen LogP contribution in [0.25, 0.3) is 0 Å². The molecule has 0 bridgehead atoms. The summed E-state index contributed by atoms with van der Waals surface area (Å²) in [6.45, 7) is 3.62. The lowest BCUT2D eigenvalue weighted by Crippen LogP contribution is -2.38. The van der Waals surface area contributed by atoms with E-state index in [0.29, 0.717) is 0 Å². The molecule has 1 saturated heterocycles.